The van der Waals surface area contributed by atoms with E-state index in [-0.39, 0.29) is 5.92 Å². The summed E-state index contributed by atoms with van der Waals surface area (Å²) in [7, 11) is 1.83. The van der Waals surface area contributed by atoms with Crippen molar-refractivity contribution in [2.75, 3.05) is 46.4 Å². The van der Waals surface area contributed by atoms with E-state index in [9.17, 15) is 4.79 Å². The molecule has 1 aliphatic carbocycles. The Balaban J connectivity index is 1.24. The highest BCUT2D eigenvalue weighted by atomic mass is 16.5. The summed E-state index contributed by atoms with van der Waals surface area (Å²) in [6, 6.07) is 8.40. The highest BCUT2D eigenvalue weighted by Crippen LogP contribution is 2.24. The van der Waals surface area contributed by atoms with Crippen LogP contribution in [0.1, 0.15) is 50.5 Å². The topological polar surface area (TPSA) is 66.4 Å². The second kappa shape index (κ2) is 11.5. The fourth-order valence-electron chi connectivity index (χ4n) is 5.00. The van der Waals surface area contributed by atoms with Crippen molar-refractivity contribution in [3.63, 3.8) is 0 Å². The molecule has 1 amide bonds. The van der Waals surface area contributed by atoms with E-state index in [0.29, 0.717) is 31.8 Å². The van der Waals surface area contributed by atoms with Crippen LogP contribution in [0.4, 0.5) is 0 Å². The molecule has 0 atom stereocenters. The van der Waals surface area contributed by atoms with E-state index in [4.69, 9.17) is 9.47 Å². The Morgan fingerprint density at radius 3 is 2.53 bits per heavy atom. The Morgan fingerprint density at radius 1 is 1.06 bits per heavy atom. The van der Waals surface area contributed by atoms with Crippen LogP contribution in [0, 0.1) is 5.92 Å². The standard InChI is InChI=1S/C25H38N4O3/c1-26-25(29-12-10-21(11-13-29)24(30)28-14-16-31-17-15-28)27-19-20-6-5-9-23(18-20)32-22-7-3-2-4-8-22/h5-6,9,18,21-22H,2-4,7-8,10-17,19H2,1H3,(H,26,27). The van der Waals surface area contributed by atoms with Crippen LogP contribution in [0.15, 0.2) is 29.3 Å². The van der Waals surface area contributed by atoms with Gasteiger partial charge in [0.05, 0.1) is 19.3 Å². The molecule has 7 heteroatoms. The third-order valence-electron chi connectivity index (χ3n) is 6.88. The number of rotatable bonds is 5. The third kappa shape index (κ3) is 6.15. The molecule has 1 saturated carbocycles. The van der Waals surface area contributed by atoms with Crippen molar-refractivity contribution in [2.45, 2.75) is 57.6 Å². The second-order valence-corrected chi connectivity index (χ2v) is 9.13. The van der Waals surface area contributed by atoms with Gasteiger partial charge < -0.3 is 24.6 Å². The van der Waals surface area contributed by atoms with Crippen LogP contribution in [0.25, 0.3) is 0 Å². The van der Waals surface area contributed by atoms with E-state index in [0.717, 1.165) is 50.7 Å². The molecule has 7 nitrogen and oxygen atoms in total. The van der Waals surface area contributed by atoms with Gasteiger partial charge in [0.15, 0.2) is 5.96 Å². The summed E-state index contributed by atoms with van der Waals surface area (Å²) in [5.41, 5.74) is 1.19. The number of ether oxygens (including phenoxy) is 2. The van der Waals surface area contributed by atoms with Crippen molar-refractivity contribution < 1.29 is 14.3 Å². The van der Waals surface area contributed by atoms with Crippen LogP contribution in [-0.4, -0.2) is 74.2 Å². The van der Waals surface area contributed by atoms with Gasteiger partial charge in [0, 0.05) is 45.7 Å². The molecule has 1 aromatic carbocycles. The largest absolute Gasteiger partial charge is 0.490 e. The molecule has 0 bridgehead atoms. The van der Waals surface area contributed by atoms with Gasteiger partial charge in [-0.25, -0.2) is 0 Å². The SMILES string of the molecule is CN=C(NCc1cccc(OC2CCCCC2)c1)N1CCC(C(=O)N2CCOCC2)CC1. The zero-order chi connectivity index (χ0) is 22.2. The smallest absolute Gasteiger partial charge is 0.225 e. The number of benzene rings is 1. The average Bonchev–Trinajstić information content (AvgIpc) is 2.86. The zero-order valence-corrected chi connectivity index (χ0v) is 19.4. The number of guanidine groups is 1. The van der Waals surface area contributed by atoms with Crippen molar-refractivity contribution in [1.29, 1.82) is 0 Å². The molecule has 2 saturated heterocycles. The van der Waals surface area contributed by atoms with E-state index >= 15 is 0 Å². The summed E-state index contributed by atoms with van der Waals surface area (Å²) < 4.78 is 11.6. The van der Waals surface area contributed by atoms with Crippen molar-refractivity contribution in [3.05, 3.63) is 29.8 Å². The maximum atomic E-state index is 12.8. The predicted octanol–water partition coefficient (Wildman–Crippen LogP) is 3.04. The summed E-state index contributed by atoms with van der Waals surface area (Å²) in [4.78, 5) is 21.5. The molecule has 0 aromatic heterocycles. The summed E-state index contributed by atoms with van der Waals surface area (Å²) in [5, 5.41) is 3.50. The fraction of sp³-hybridized carbons (Fsp3) is 0.680. The van der Waals surface area contributed by atoms with Gasteiger partial charge in [-0.15, -0.1) is 0 Å². The number of amides is 1. The van der Waals surface area contributed by atoms with Crippen LogP contribution in [0.5, 0.6) is 5.75 Å². The lowest BCUT2D eigenvalue weighted by Gasteiger charge is -2.36. The molecule has 3 aliphatic rings. The first-order chi connectivity index (χ1) is 15.7. The van der Waals surface area contributed by atoms with Crippen molar-refractivity contribution >= 4 is 11.9 Å². The first kappa shape index (κ1) is 22.9. The first-order valence-electron chi connectivity index (χ1n) is 12.3. The molecule has 0 spiro atoms. The Labute approximate surface area is 192 Å². The van der Waals surface area contributed by atoms with Gasteiger partial charge in [-0.1, -0.05) is 18.6 Å². The number of nitrogens with one attached hydrogen (secondary N) is 1. The van der Waals surface area contributed by atoms with Gasteiger partial charge in [0.1, 0.15) is 5.75 Å². The minimum absolute atomic E-state index is 0.121. The number of hydrogen-bond donors (Lipinski definition) is 1. The van der Waals surface area contributed by atoms with Crippen LogP contribution in [-0.2, 0) is 16.1 Å². The normalized spacial score (nSPS) is 21.5. The van der Waals surface area contributed by atoms with Crippen LogP contribution in [0.2, 0.25) is 0 Å². The number of morpholine rings is 1. The Bertz CT molecular complexity index is 764. The van der Waals surface area contributed by atoms with Gasteiger partial charge in [-0.05, 0) is 56.2 Å². The summed E-state index contributed by atoms with van der Waals surface area (Å²) in [5.74, 6) is 2.29. The molecule has 0 radical (unpaired) electrons. The van der Waals surface area contributed by atoms with Crippen LogP contribution in [0.3, 0.4) is 0 Å². The lowest BCUT2D eigenvalue weighted by Crippen LogP contribution is -2.49. The van der Waals surface area contributed by atoms with Gasteiger partial charge in [0.25, 0.3) is 0 Å². The first-order valence-corrected chi connectivity index (χ1v) is 12.3. The predicted molar refractivity (Wildman–Crippen MR) is 126 cm³/mol. The van der Waals surface area contributed by atoms with Crippen LogP contribution < -0.4 is 10.1 Å². The number of nitrogens with zero attached hydrogens (tertiary/aromatic N) is 3. The average molecular weight is 443 g/mol. The summed E-state index contributed by atoms with van der Waals surface area (Å²) in [6.07, 6.45) is 8.33. The van der Waals surface area contributed by atoms with E-state index in [1.165, 1.54) is 37.7 Å². The van der Waals surface area contributed by atoms with Gasteiger partial charge in [0.2, 0.25) is 5.91 Å². The van der Waals surface area contributed by atoms with Gasteiger partial charge in [-0.2, -0.15) is 0 Å². The Morgan fingerprint density at radius 2 is 1.81 bits per heavy atom. The molecule has 1 N–H and O–H groups in total. The maximum Gasteiger partial charge on any atom is 0.225 e. The maximum absolute atomic E-state index is 12.8. The monoisotopic (exact) mass is 442 g/mol. The van der Waals surface area contributed by atoms with Gasteiger partial charge >= 0.3 is 0 Å². The van der Waals surface area contributed by atoms with E-state index < -0.39 is 0 Å². The van der Waals surface area contributed by atoms with Gasteiger partial charge in [-0.3, -0.25) is 9.79 Å². The Kier molecular flexibility index (Phi) is 8.26. The van der Waals surface area contributed by atoms with E-state index in [1.54, 1.807) is 0 Å². The summed E-state index contributed by atoms with van der Waals surface area (Å²) >= 11 is 0. The molecule has 32 heavy (non-hydrogen) atoms. The molecular formula is C25H38N4O3. The molecule has 176 valence electrons. The molecule has 0 unspecified atom stereocenters. The summed E-state index contributed by atoms with van der Waals surface area (Å²) in [6.45, 7) is 5.19. The minimum Gasteiger partial charge on any atom is -0.490 e. The van der Waals surface area contributed by atoms with Crippen molar-refractivity contribution in [2.24, 2.45) is 10.9 Å². The van der Waals surface area contributed by atoms with Crippen LogP contribution >= 0.6 is 0 Å². The highest BCUT2D eigenvalue weighted by Gasteiger charge is 2.30. The lowest BCUT2D eigenvalue weighted by atomic mass is 9.95. The number of carbonyl (C=O) groups excluding carboxylic acids is 1. The molecule has 2 heterocycles. The fourth-order valence-corrected chi connectivity index (χ4v) is 5.00. The Hall–Kier alpha value is -2.28. The number of piperidine rings is 1. The molecular weight excluding hydrogens is 404 g/mol. The van der Waals surface area contributed by atoms with E-state index in [1.807, 2.05) is 11.9 Å². The third-order valence-corrected chi connectivity index (χ3v) is 6.88. The van der Waals surface area contributed by atoms with Crippen molar-refractivity contribution in [3.8, 4) is 5.75 Å². The number of hydrogen-bond acceptors (Lipinski definition) is 4. The molecule has 4 rings (SSSR count). The molecule has 2 aliphatic heterocycles. The van der Waals surface area contributed by atoms with Crippen molar-refractivity contribution in [1.82, 2.24) is 15.1 Å². The quantitative estimate of drug-likeness (QED) is 0.561. The highest BCUT2D eigenvalue weighted by molar-refractivity contribution is 5.81. The van der Waals surface area contributed by atoms with E-state index in [2.05, 4.69) is 39.5 Å². The second-order valence-electron chi connectivity index (χ2n) is 9.13. The number of aliphatic imine (C=N–C) groups is 1. The minimum atomic E-state index is 0.121. The number of likely N-dealkylation sites (tertiary alicyclic amines) is 1. The lowest BCUT2D eigenvalue weighted by molar-refractivity contribution is -0.140. The number of carbonyl (C=O) groups is 1. The zero-order valence-electron chi connectivity index (χ0n) is 19.4. The molecule has 3 fully saturated rings. The molecule has 1 aromatic rings.